The molecule has 0 saturated carbocycles. The highest BCUT2D eigenvalue weighted by molar-refractivity contribution is 7.80. The van der Waals surface area contributed by atoms with Gasteiger partial charge in [0.2, 0.25) is 5.89 Å². The van der Waals surface area contributed by atoms with E-state index in [1.165, 1.54) is 0 Å². The third-order valence-corrected chi connectivity index (χ3v) is 2.51. The summed E-state index contributed by atoms with van der Waals surface area (Å²) >= 11 is 4.18. The van der Waals surface area contributed by atoms with E-state index in [4.69, 9.17) is 9.26 Å². The van der Waals surface area contributed by atoms with E-state index in [1.54, 1.807) is 20.8 Å². The quantitative estimate of drug-likeness (QED) is 0.833. The van der Waals surface area contributed by atoms with Gasteiger partial charge in [-0.15, -0.1) is 0 Å². The average molecular weight is 287 g/mol. The van der Waals surface area contributed by atoms with Crippen molar-refractivity contribution in [2.45, 2.75) is 52.2 Å². The Labute approximate surface area is 118 Å². The molecule has 0 spiro atoms. The van der Waals surface area contributed by atoms with Gasteiger partial charge in [0.05, 0.1) is 0 Å². The van der Waals surface area contributed by atoms with Crippen molar-refractivity contribution in [3.05, 3.63) is 11.7 Å². The maximum absolute atomic E-state index is 11.7. The molecule has 1 heterocycles. The number of ether oxygens (including phenoxy) is 1. The van der Waals surface area contributed by atoms with E-state index < -0.39 is 17.7 Å². The van der Waals surface area contributed by atoms with Crippen LogP contribution < -0.4 is 5.32 Å². The SMILES string of the molecule is CC(C)c1noc([C@H](CS)NC(=O)OC(C)(C)C)n1. The lowest BCUT2D eigenvalue weighted by Crippen LogP contribution is -2.35. The molecule has 1 atom stereocenters. The van der Waals surface area contributed by atoms with Crippen molar-refractivity contribution in [3.8, 4) is 0 Å². The van der Waals surface area contributed by atoms with Gasteiger partial charge >= 0.3 is 6.09 Å². The molecule has 0 unspecified atom stereocenters. The minimum absolute atomic E-state index is 0.166. The van der Waals surface area contributed by atoms with E-state index in [0.29, 0.717) is 17.5 Å². The normalized spacial score (nSPS) is 13.4. The van der Waals surface area contributed by atoms with E-state index in [2.05, 4.69) is 28.1 Å². The van der Waals surface area contributed by atoms with Crippen LogP contribution in [0.3, 0.4) is 0 Å². The van der Waals surface area contributed by atoms with Crippen molar-refractivity contribution < 1.29 is 14.1 Å². The van der Waals surface area contributed by atoms with Crippen LogP contribution in [0.25, 0.3) is 0 Å². The molecule has 1 N–H and O–H groups in total. The van der Waals surface area contributed by atoms with Crippen LogP contribution in [0.4, 0.5) is 4.79 Å². The molecular weight excluding hydrogens is 266 g/mol. The van der Waals surface area contributed by atoms with Crippen molar-refractivity contribution >= 4 is 18.7 Å². The molecular formula is C12H21N3O3S. The summed E-state index contributed by atoms with van der Waals surface area (Å²) in [4.78, 5) is 15.9. The maximum Gasteiger partial charge on any atom is 0.408 e. The molecule has 7 heteroatoms. The Morgan fingerprint density at radius 1 is 1.47 bits per heavy atom. The maximum atomic E-state index is 11.7. The second-order valence-electron chi connectivity index (χ2n) is 5.53. The second kappa shape index (κ2) is 6.27. The lowest BCUT2D eigenvalue weighted by Gasteiger charge is -2.21. The van der Waals surface area contributed by atoms with Crippen molar-refractivity contribution in [3.63, 3.8) is 0 Å². The van der Waals surface area contributed by atoms with Crippen LogP contribution >= 0.6 is 12.6 Å². The Balaban J connectivity index is 2.69. The predicted molar refractivity (Wildman–Crippen MR) is 74.4 cm³/mol. The molecule has 1 amide bonds. The first-order chi connectivity index (χ1) is 8.73. The number of carbonyl (C=O) groups is 1. The number of aromatic nitrogens is 2. The van der Waals surface area contributed by atoms with E-state index in [-0.39, 0.29) is 5.92 Å². The Bertz CT molecular complexity index is 426. The largest absolute Gasteiger partial charge is 0.444 e. The summed E-state index contributed by atoms with van der Waals surface area (Å²) in [5, 5.41) is 6.51. The minimum Gasteiger partial charge on any atom is -0.444 e. The Morgan fingerprint density at radius 3 is 2.53 bits per heavy atom. The lowest BCUT2D eigenvalue weighted by atomic mass is 10.2. The van der Waals surface area contributed by atoms with Crippen LogP contribution in [-0.4, -0.2) is 27.6 Å². The van der Waals surface area contributed by atoms with Crippen LogP contribution in [0.15, 0.2) is 4.52 Å². The first kappa shape index (κ1) is 15.8. The molecule has 0 aromatic carbocycles. The van der Waals surface area contributed by atoms with Gasteiger partial charge in [0.1, 0.15) is 11.6 Å². The highest BCUT2D eigenvalue weighted by Gasteiger charge is 2.24. The standard InChI is InChI=1S/C12H21N3O3S/c1-7(2)9-14-10(18-15-9)8(6-19)13-11(16)17-12(3,4)5/h7-8,19H,6H2,1-5H3,(H,13,16)/t8-/m0/s1. The summed E-state index contributed by atoms with van der Waals surface area (Å²) in [5.74, 6) is 1.45. The number of thiol groups is 1. The van der Waals surface area contributed by atoms with Crippen molar-refractivity contribution in [1.82, 2.24) is 15.5 Å². The average Bonchev–Trinajstić information content (AvgIpc) is 2.72. The topological polar surface area (TPSA) is 77.2 Å². The third-order valence-electron chi connectivity index (χ3n) is 2.15. The summed E-state index contributed by atoms with van der Waals surface area (Å²) in [5.41, 5.74) is -0.552. The van der Waals surface area contributed by atoms with Crippen LogP contribution in [0.5, 0.6) is 0 Å². The predicted octanol–water partition coefficient (Wildman–Crippen LogP) is 2.69. The van der Waals surface area contributed by atoms with Crippen LogP contribution in [0.2, 0.25) is 0 Å². The van der Waals surface area contributed by atoms with Gasteiger partial charge in [-0.05, 0) is 20.8 Å². The monoisotopic (exact) mass is 287 g/mol. The number of hydrogen-bond donors (Lipinski definition) is 2. The van der Waals surface area contributed by atoms with E-state index in [9.17, 15) is 4.79 Å². The number of amides is 1. The second-order valence-corrected chi connectivity index (χ2v) is 5.89. The number of nitrogens with zero attached hydrogens (tertiary/aromatic N) is 2. The van der Waals surface area contributed by atoms with Gasteiger partial charge in [0, 0.05) is 11.7 Å². The fraction of sp³-hybridized carbons (Fsp3) is 0.750. The highest BCUT2D eigenvalue weighted by Crippen LogP contribution is 2.17. The number of rotatable bonds is 4. The molecule has 0 fully saturated rings. The van der Waals surface area contributed by atoms with E-state index in [0.717, 1.165) is 0 Å². The molecule has 108 valence electrons. The van der Waals surface area contributed by atoms with Gasteiger partial charge < -0.3 is 14.6 Å². The number of nitrogens with one attached hydrogen (secondary N) is 1. The Kier molecular flexibility index (Phi) is 5.22. The molecule has 0 aliphatic rings. The first-order valence-electron chi connectivity index (χ1n) is 6.17. The van der Waals surface area contributed by atoms with Crippen LogP contribution in [0.1, 0.15) is 58.3 Å². The van der Waals surface area contributed by atoms with Gasteiger partial charge in [0.25, 0.3) is 0 Å². The number of alkyl carbamates (subject to hydrolysis) is 1. The molecule has 1 aromatic rings. The highest BCUT2D eigenvalue weighted by atomic mass is 32.1. The molecule has 6 nitrogen and oxygen atoms in total. The molecule has 1 aromatic heterocycles. The molecule has 1 rings (SSSR count). The smallest absolute Gasteiger partial charge is 0.408 e. The van der Waals surface area contributed by atoms with Gasteiger partial charge in [-0.2, -0.15) is 17.6 Å². The van der Waals surface area contributed by atoms with Crippen molar-refractivity contribution in [1.29, 1.82) is 0 Å². The lowest BCUT2D eigenvalue weighted by molar-refractivity contribution is 0.0500. The molecule has 0 radical (unpaired) electrons. The fourth-order valence-corrected chi connectivity index (χ4v) is 1.51. The molecule has 0 aliphatic heterocycles. The number of carbonyl (C=O) groups excluding carboxylic acids is 1. The number of hydrogen-bond acceptors (Lipinski definition) is 6. The molecule has 0 saturated heterocycles. The van der Waals surface area contributed by atoms with Gasteiger partial charge in [-0.1, -0.05) is 19.0 Å². The van der Waals surface area contributed by atoms with Crippen molar-refractivity contribution in [2.75, 3.05) is 5.75 Å². The Morgan fingerprint density at radius 2 is 2.11 bits per heavy atom. The van der Waals surface area contributed by atoms with Gasteiger partial charge in [-0.25, -0.2) is 4.79 Å². The van der Waals surface area contributed by atoms with Gasteiger partial charge in [-0.3, -0.25) is 0 Å². The van der Waals surface area contributed by atoms with E-state index in [1.807, 2.05) is 13.8 Å². The zero-order valence-corrected chi connectivity index (χ0v) is 12.8. The minimum atomic E-state index is -0.552. The molecule has 0 bridgehead atoms. The third kappa shape index (κ3) is 5.10. The molecule has 19 heavy (non-hydrogen) atoms. The zero-order chi connectivity index (χ0) is 14.6. The first-order valence-corrected chi connectivity index (χ1v) is 6.80. The summed E-state index contributed by atoms with van der Waals surface area (Å²) in [7, 11) is 0. The zero-order valence-electron chi connectivity index (χ0n) is 11.9. The summed E-state index contributed by atoms with van der Waals surface area (Å²) < 4.78 is 10.3. The van der Waals surface area contributed by atoms with Crippen LogP contribution in [0, 0.1) is 0 Å². The summed E-state index contributed by atoms with van der Waals surface area (Å²) in [6.45, 7) is 9.32. The summed E-state index contributed by atoms with van der Waals surface area (Å²) in [6, 6.07) is -0.460. The van der Waals surface area contributed by atoms with Crippen molar-refractivity contribution in [2.24, 2.45) is 0 Å². The summed E-state index contributed by atoms with van der Waals surface area (Å²) in [6.07, 6.45) is -0.532. The van der Waals surface area contributed by atoms with E-state index >= 15 is 0 Å². The van der Waals surface area contributed by atoms with Gasteiger partial charge in [0.15, 0.2) is 5.82 Å². The Hall–Kier alpha value is -1.24. The van der Waals surface area contributed by atoms with Crippen LogP contribution in [-0.2, 0) is 4.74 Å². The molecule has 0 aliphatic carbocycles. The fourth-order valence-electron chi connectivity index (χ4n) is 1.26.